The minimum atomic E-state index is -5.14. The third-order valence-electron chi connectivity index (χ3n) is 10.2. The summed E-state index contributed by atoms with van der Waals surface area (Å²) in [6.45, 7) is 3.57. The lowest BCUT2D eigenvalue weighted by Crippen LogP contribution is -2.64. The van der Waals surface area contributed by atoms with Crippen LogP contribution in [-0.4, -0.2) is 108 Å². The zero-order chi connectivity index (χ0) is 41.6. The van der Waals surface area contributed by atoms with Crippen molar-refractivity contribution in [2.75, 3.05) is 6.61 Å². The standard InChI is InChI=1S/C42H78NO12P/c1-3-5-7-9-11-13-15-16-17-18-19-20-21-23-25-27-29-33(44)31-36(46)43-34(35(45)30-28-26-24-22-14-12-10-8-6-4-2)32-54-56(52,53)55-42-40(50)38(48)37(47)39(49)41(42)51/h6,8,14,22,28,30,33-35,37-42,44-45,47-51H,3-5,7,9-13,15-21,23-27,29,31-32H2,1-2H3,(H,43,46)(H,52,53)/b8-6+,22-14+,30-28+. The molecule has 1 amide bonds. The van der Waals surface area contributed by atoms with Crippen molar-refractivity contribution >= 4 is 13.7 Å². The van der Waals surface area contributed by atoms with Crippen LogP contribution in [0.2, 0.25) is 0 Å². The summed E-state index contributed by atoms with van der Waals surface area (Å²) in [5.41, 5.74) is 0. The molecule has 0 aliphatic heterocycles. The first-order valence-corrected chi connectivity index (χ1v) is 23.0. The zero-order valence-corrected chi connectivity index (χ0v) is 35.2. The lowest BCUT2D eigenvalue weighted by atomic mass is 9.85. The molecule has 1 fully saturated rings. The summed E-state index contributed by atoms with van der Waals surface area (Å²) in [6.07, 6.45) is 21.2. The van der Waals surface area contributed by atoms with Gasteiger partial charge in [0, 0.05) is 0 Å². The number of unbranched alkanes of at least 4 members (excludes halogenated alkanes) is 17. The first-order valence-electron chi connectivity index (χ1n) is 21.5. The number of phosphoric ester groups is 1. The van der Waals surface area contributed by atoms with E-state index >= 15 is 0 Å². The van der Waals surface area contributed by atoms with Gasteiger partial charge in [0.05, 0.1) is 31.3 Å². The third kappa shape index (κ3) is 24.4. The average Bonchev–Trinajstić information content (AvgIpc) is 3.17. The average molecular weight is 820 g/mol. The van der Waals surface area contributed by atoms with Crippen LogP contribution in [0, 0.1) is 0 Å². The van der Waals surface area contributed by atoms with Gasteiger partial charge in [0.15, 0.2) is 0 Å². The predicted octanol–water partition coefficient (Wildman–Crippen LogP) is 6.19. The molecule has 1 aliphatic rings. The van der Waals surface area contributed by atoms with Crippen LogP contribution >= 0.6 is 7.82 Å². The summed E-state index contributed by atoms with van der Waals surface area (Å²) in [4.78, 5) is 23.3. The van der Waals surface area contributed by atoms with Gasteiger partial charge in [-0.2, -0.15) is 0 Å². The monoisotopic (exact) mass is 820 g/mol. The van der Waals surface area contributed by atoms with Crippen LogP contribution in [-0.2, 0) is 18.4 Å². The van der Waals surface area contributed by atoms with Gasteiger partial charge in [-0.05, 0) is 38.5 Å². The van der Waals surface area contributed by atoms with Crippen LogP contribution in [0.25, 0.3) is 0 Å². The lowest BCUT2D eigenvalue weighted by molar-refractivity contribution is -0.220. The Hall–Kier alpha value is -1.48. The lowest BCUT2D eigenvalue weighted by Gasteiger charge is -2.41. The molecule has 9 N–H and O–H groups in total. The molecule has 1 aliphatic carbocycles. The Morgan fingerprint density at radius 3 is 1.55 bits per heavy atom. The first-order chi connectivity index (χ1) is 26.8. The van der Waals surface area contributed by atoms with E-state index in [9.17, 15) is 50.0 Å². The molecular formula is C42H78NO12P. The Kier molecular flexibility index (Phi) is 30.4. The number of carbonyl (C=O) groups excluding carboxylic acids is 1. The van der Waals surface area contributed by atoms with E-state index in [1.807, 2.05) is 6.08 Å². The largest absolute Gasteiger partial charge is 0.472 e. The van der Waals surface area contributed by atoms with Crippen molar-refractivity contribution in [1.82, 2.24) is 5.32 Å². The van der Waals surface area contributed by atoms with Gasteiger partial charge in [0.2, 0.25) is 5.91 Å². The molecule has 56 heavy (non-hydrogen) atoms. The number of hydrogen-bond acceptors (Lipinski definition) is 11. The maximum atomic E-state index is 12.9. The van der Waals surface area contributed by atoms with Crippen LogP contribution < -0.4 is 5.32 Å². The molecule has 0 aromatic heterocycles. The number of aliphatic hydroxyl groups excluding tert-OH is 7. The van der Waals surface area contributed by atoms with Gasteiger partial charge in [0.25, 0.3) is 0 Å². The van der Waals surface area contributed by atoms with E-state index in [0.29, 0.717) is 19.3 Å². The van der Waals surface area contributed by atoms with Gasteiger partial charge in [-0.1, -0.05) is 153 Å². The highest BCUT2D eigenvalue weighted by Gasteiger charge is 2.51. The number of amides is 1. The number of carbonyl (C=O) groups is 1. The maximum Gasteiger partial charge on any atom is 0.472 e. The highest BCUT2D eigenvalue weighted by atomic mass is 31.2. The predicted molar refractivity (Wildman–Crippen MR) is 220 cm³/mol. The molecule has 0 aromatic rings. The molecule has 1 saturated carbocycles. The molecule has 0 saturated heterocycles. The minimum absolute atomic E-state index is 0.254. The maximum absolute atomic E-state index is 12.9. The second-order valence-electron chi connectivity index (χ2n) is 15.3. The fraction of sp³-hybridized carbons (Fsp3) is 0.833. The molecular weight excluding hydrogens is 741 g/mol. The van der Waals surface area contributed by atoms with Gasteiger partial charge in [0.1, 0.15) is 36.6 Å². The van der Waals surface area contributed by atoms with Crippen molar-refractivity contribution in [3.8, 4) is 0 Å². The molecule has 0 bridgehead atoms. The van der Waals surface area contributed by atoms with E-state index in [1.54, 1.807) is 6.08 Å². The highest BCUT2D eigenvalue weighted by molar-refractivity contribution is 7.47. The van der Waals surface area contributed by atoms with Crippen molar-refractivity contribution in [2.45, 2.75) is 216 Å². The van der Waals surface area contributed by atoms with Crippen LogP contribution in [0.3, 0.4) is 0 Å². The van der Waals surface area contributed by atoms with Crippen molar-refractivity contribution < 1.29 is 59.0 Å². The summed E-state index contributed by atoms with van der Waals surface area (Å²) in [6, 6.07) is -1.26. The Balaban J connectivity index is 2.56. The fourth-order valence-electron chi connectivity index (χ4n) is 6.69. The van der Waals surface area contributed by atoms with Crippen LogP contribution in [0.15, 0.2) is 36.5 Å². The van der Waals surface area contributed by atoms with E-state index in [-0.39, 0.29) is 6.42 Å². The van der Waals surface area contributed by atoms with E-state index in [2.05, 4.69) is 37.4 Å². The third-order valence-corrected chi connectivity index (χ3v) is 11.2. The van der Waals surface area contributed by atoms with Gasteiger partial charge in [-0.25, -0.2) is 4.57 Å². The minimum Gasteiger partial charge on any atom is -0.393 e. The second-order valence-corrected chi connectivity index (χ2v) is 16.7. The summed E-state index contributed by atoms with van der Waals surface area (Å²) in [7, 11) is -5.14. The Bertz CT molecular complexity index is 1110. The number of allylic oxidation sites excluding steroid dienone is 5. The van der Waals surface area contributed by atoms with Gasteiger partial charge >= 0.3 is 7.82 Å². The number of rotatable bonds is 34. The Labute approximate surface area is 336 Å². The van der Waals surface area contributed by atoms with Crippen LogP contribution in [0.1, 0.15) is 162 Å². The van der Waals surface area contributed by atoms with E-state index < -0.39 is 75.2 Å². The molecule has 0 radical (unpaired) electrons. The Morgan fingerprint density at radius 2 is 1.07 bits per heavy atom. The van der Waals surface area contributed by atoms with Crippen LogP contribution in [0.5, 0.6) is 0 Å². The molecule has 13 nitrogen and oxygen atoms in total. The molecule has 8 unspecified atom stereocenters. The first kappa shape index (κ1) is 52.5. The molecule has 0 aromatic carbocycles. The molecule has 0 heterocycles. The quantitative estimate of drug-likeness (QED) is 0.0201. The SMILES string of the molecule is CC/C=C/CC/C=C/CC/C=C/C(O)C(COP(=O)(O)OC1C(O)C(O)C(O)C(O)C1O)NC(=O)CC(O)CCCCCCCCCCCCCCCCCC. The summed E-state index contributed by atoms with van der Waals surface area (Å²) >= 11 is 0. The summed E-state index contributed by atoms with van der Waals surface area (Å²) in [5, 5.41) is 74.1. The summed E-state index contributed by atoms with van der Waals surface area (Å²) < 4.78 is 22.7. The molecule has 8 atom stereocenters. The highest BCUT2D eigenvalue weighted by Crippen LogP contribution is 2.47. The van der Waals surface area contributed by atoms with Crippen molar-refractivity contribution in [1.29, 1.82) is 0 Å². The molecule has 0 spiro atoms. The second kappa shape index (κ2) is 32.4. The smallest absolute Gasteiger partial charge is 0.393 e. The zero-order valence-electron chi connectivity index (χ0n) is 34.3. The molecule has 328 valence electrons. The van der Waals surface area contributed by atoms with Crippen molar-refractivity contribution in [3.63, 3.8) is 0 Å². The Morgan fingerprint density at radius 1 is 0.643 bits per heavy atom. The normalized spacial score (nSPS) is 24.5. The van der Waals surface area contributed by atoms with Crippen LogP contribution in [0.4, 0.5) is 0 Å². The molecule has 1 rings (SSSR count). The number of aliphatic hydroxyl groups is 7. The number of phosphoric acid groups is 1. The summed E-state index contributed by atoms with van der Waals surface area (Å²) in [5.74, 6) is -0.609. The van der Waals surface area contributed by atoms with Gasteiger partial charge < -0.3 is 46.0 Å². The van der Waals surface area contributed by atoms with Crippen molar-refractivity contribution in [2.24, 2.45) is 0 Å². The number of hydrogen-bond donors (Lipinski definition) is 9. The topological polar surface area (TPSA) is 226 Å². The molecule has 14 heteroatoms. The van der Waals surface area contributed by atoms with E-state index in [4.69, 9.17) is 9.05 Å². The van der Waals surface area contributed by atoms with E-state index in [0.717, 1.165) is 44.9 Å². The fourth-order valence-corrected chi connectivity index (χ4v) is 7.66. The van der Waals surface area contributed by atoms with Crippen molar-refractivity contribution in [3.05, 3.63) is 36.5 Å². The van der Waals surface area contributed by atoms with Gasteiger partial charge in [-0.3, -0.25) is 13.8 Å². The van der Waals surface area contributed by atoms with Gasteiger partial charge in [-0.15, -0.1) is 0 Å². The number of nitrogens with one attached hydrogen (secondary N) is 1. The van der Waals surface area contributed by atoms with E-state index in [1.165, 1.54) is 83.1 Å².